The Morgan fingerprint density at radius 3 is 2.85 bits per heavy atom. The highest BCUT2D eigenvalue weighted by atomic mass is 16.2. The molecule has 0 unspecified atom stereocenters. The molecule has 106 valence electrons. The average Bonchev–Trinajstić information content (AvgIpc) is 3.04. The summed E-state index contributed by atoms with van der Waals surface area (Å²) in [7, 11) is 0. The third kappa shape index (κ3) is 2.30. The molecule has 0 saturated heterocycles. The van der Waals surface area contributed by atoms with Gasteiger partial charge in [-0.05, 0) is 37.8 Å². The summed E-state index contributed by atoms with van der Waals surface area (Å²) in [4.78, 5) is 17.2. The van der Waals surface area contributed by atoms with Crippen LogP contribution in [0.2, 0.25) is 0 Å². The first-order valence-corrected chi connectivity index (χ1v) is 7.47. The van der Waals surface area contributed by atoms with Gasteiger partial charge in [0, 0.05) is 12.2 Å². The van der Waals surface area contributed by atoms with Gasteiger partial charge >= 0.3 is 0 Å². The van der Waals surface area contributed by atoms with E-state index in [1.807, 2.05) is 36.6 Å². The van der Waals surface area contributed by atoms with E-state index in [2.05, 4.69) is 10.3 Å². The smallest absolute Gasteiger partial charge is 0.270 e. The standard InChI is InChI=1S/C16H21N3O/c1-3-13-15(16(20)17-12-6-4-5-7-12)19-10-11(2)8-9-14(19)18-13/h8-10,12H,3-7H2,1-2H3,(H,17,20). The van der Waals surface area contributed by atoms with Crippen molar-refractivity contribution in [3.05, 3.63) is 35.3 Å². The van der Waals surface area contributed by atoms with Crippen LogP contribution in [0.5, 0.6) is 0 Å². The van der Waals surface area contributed by atoms with Crippen molar-refractivity contribution >= 4 is 11.6 Å². The monoisotopic (exact) mass is 271 g/mol. The SMILES string of the molecule is CCc1nc2ccc(C)cn2c1C(=O)NC1CCCC1. The molecule has 2 aromatic rings. The number of pyridine rings is 1. The Bertz CT molecular complexity index is 638. The van der Waals surface area contributed by atoms with Gasteiger partial charge < -0.3 is 5.32 Å². The van der Waals surface area contributed by atoms with E-state index in [0.29, 0.717) is 11.7 Å². The van der Waals surface area contributed by atoms with Gasteiger partial charge in [0.2, 0.25) is 0 Å². The van der Waals surface area contributed by atoms with Crippen LogP contribution < -0.4 is 5.32 Å². The molecular weight excluding hydrogens is 250 g/mol. The number of imidazole rings is 1. The maximum absolute atomic E-state index is 12.6. The lowest BCUT2D eigenvalue weighted by atomic mass is 10.2. The van der Waals surface area contributed by atoms with Gasteiger partial charge in [-0.15, -0.1) is 0 Å². The van der Waals surface area contributed by atoms with E-state index in [0.717, 1.165) is 36.2 Å². The third-order valence-corrected chi connectivity index (χ3v) is 4.08. The third-order valence-electron chi connectivity index (χ3n) is 4.08. The molecule has 20 heavy (non-hydrogen) atoms. The Morgan fingerprint density at radius 1 is 1.40 bits per heavy atom. The highest BCUT2D eigenvalue weighted by Gasteiger charge is 2.22. The quantitative estimate of drug-likeness (QED) is 0.933. The van der Waals surface area contributed by atoms with Gasteiger partial charge in [0.25, 0.3) is 5.91 Å². The van der Waals surface area contributed by atoms with Crippen LogP contribution >= 0.6 is 0 Å². The Balaban J connectivity index is 1.99. The Hall–Kier alpha value is -1.84. The van der Waals surface area contributed by atoms with Gasteiger partial charge in [0.1, 0.15) is 11.3 Å². The van der Waals surface area contributed by atoms with Crippen molar-refractivity contribution in [1.82, 2.24) is 14.7 Å². The van der Waals surface area contributed by atoms with E-state index < -0.39 is 0 Å². The largest absolute Gasteiger partial charge is 0.348 e. The molecule has 1 aliphatic carbocycles. The molecule has 2 heterocycles. The molecule has 0 bridgehead atoms. The number of fused-ring (bicyclic) bond motifs is 1. The zero-order valence-electron chi connectivity index (χ0n) is 12.1. The van der Waals surface area contributed by atoms with Crippen molar-refractivity contribution in [3.63, 3.8) is 0 Å². The molecule has 1 saturated carbocycles. The molecule has 0 atom stereocenters. The summed E-state index contributed by atoms with van der Waals surface area (Å²) in [6.07, 6.45) is 7.40. The Kier molecular flexibility index (Phi) is 3.47. The number of carbonyl (C=O) groups is 1. The maximum Gasteiger partial charge on any atom is 0.270 e. The molecule has 1 fully saturated rings. The van der Waals surface area contributed by atoms with Gasteiger partial charge in [-0.25, -0.2) is 4.98 Å². The second-order valence-corrected chi connectivity index (χ2v) is 5.65. The number of nitrogens with one attached hydrogen (secondary N) is 1. The molecule has 0 radical (unpaired) electrons. The minimum atomic E-state index is 0.0202. The van der Waals surface area contributed by atoms with Crippen molar-refractivity contribution in [2.75, 3.05) is 0 Å². The molecule has 4 heteroatoms. The van der Waals surface area contributed by atoms with E-state index >= 15 is 0 Å². The minimum Gasteiger partial charge on any atom is -0.348 e. The summed E-state index contributed by atoms with van der Waals surface area (Å²) in [5.41, 5.74) is 3.57. The maximum atomic E-state index is 12.6. The number of hydrogen-bond donors (Lipinski definition) is 1. The van der Waals surface area contributed by atoms with Crippen molar-refractivity contribution < 1.29 is 4.79 Å². The van der Waals surface area contributed by atoms with Crippen molar-refractivity contribution in [2.45, 2.75) is 52.0 Å². The molecular formula is C16H21N3O. The summed E-state index contributed by atoms with van der Waals surface area (Å²) in [6.45, 7) is 4.07. The molecule has 2 aromatic heterocycles. The van der Waals surface area contributed by atoms with Gasteiger partial charge in [-0.2, -0.15) is 0 Å². The number of aryl methyl sites for hydroxylation is 2. The number of aromatic nitrogens is 2. The lowest BCUT2D eigenvalue weighted by molar-refractivity contribution is 0.0931. The first kappa shape index (κ1) is 13.2. The van der Waals surface area contributed by atoms with Crippen molar-refractivity contribution in [3.8, 4) is 0 Å². The Labute approximate surface area is 119 Å². The lowest BCUT2D eigenvalue weighted by Gasteiger charge is -2.12. The fourth-order valence-electron chi connectivity index (χ4n) is 3.01. The molecule has 1 N–H and O–H groups in total. The zero-order valence-corrected chi connectivity index (χ0v) is 12.1. The summed E-state index contributed by atoms with van der Waals surface area (Å²) >= 11 is 0. The first-order chi connectivity index (χ1) is 9.69. The highest BCUT2D eigenvalue weighted by Crippen LogP contribution is 2.20. The summed E-state index contributed by atoms with van der Waals surface area (Å²) < 4.78 is 1.93. The lowest BCUT2D eigenvalue weighted by Crippen LogP contribution is -2.34. The van der Waals surface area contributed by atoms with E-state index in [1.54, 1.807) is 0 Å². The minimum absolute atomic E-state index is 0.0202. The number of nitrogens with zero attached hydrogens (tertiary/aromatic N) is 2. The van der Waals surface area contributed by atoms with Crippen LogP contribution in [0, 0.1) is 6.92 Å². The predicted octanol–water partition coefficient (Wildman–Crippen LogP) is 2.88. The number of amides is 1. The fourth-order valence-corrected chi connectivity index (χ4v) is 3.01. The molecule has 0 spiro atoms. The topological polar surface area (TPSA) is 46.4 Å². The average molecular weight is 271 g/mol. The van der Waals surface area contributed by atoms with E-state index in [-0.39, 0.29) is 5.91 Å². The summed E-state index contributed by atoms with van der Waals surface area (Å²) in [5, 5.41) is 3.17. The number of carbonyl (C=O) groups excluding carboxylic acids is 1. The summed E-state index contributed by atoms with van der Waals surface area (Å²) in [6, 6.07) is 4.34. The van der Waals surface area contributed by atoms with Gasteiger partial charge in [0.15, 0.2) is 0 Å². The molecule has 0 aliphatic heterocycles. The second kappa shape index (κ2) is 5.27. The van der Waals surface area contributed by atoms with E-state index in [4.69, 9.17) is 0 Å². The van der Waals surface area contributed by atoms with Gasteiger partial charge in [-0.3, -0.25) is 9.20 Å². The van der Waals surface area contributed by atoms with E-state index in [9.17, 15) is 4.79 Å². The normalized spacial score (nSPS) is 15.9. The van der Waals surface area contributed by atoms with Crippen LogP contribution in [-0.2, 0) is 6.42 Å². The Morgan fingerprint density at radius 2 is 2.15 bits per heavy atom. The first-order valence-electron chi connectivity index (χ1n) is 7.47. The van der Waals surface area contributed by atoms with Crippen LogP contribution in [0.4, 0.5) is 0 Å². The predicted molar refractivity (Wildman–Crippen MR) is 79.0 cm³/mol. The van der Waals surface area contributed by atoms with Crippen molar-refractivity contribution in [1.29, 1.82) is 0 Å². The second-order valence-electron chi connectivity index (χ2n) is 5.65. The van der Waals surface area contributed by atoms with Crippen LogP contribution in [0.3, 0.4) is 0 Å². The number of hydrogen-bond acceptors (Lipinski definition) is 2. The van der Waals surface area contributed by atoms with Gasteiger partial charge in [0.05, 0.1) is 5.69 Å². The van der Waals surface area contributed by atoms with Crippen LogP contribution in [0.15, 0.2) is 18.3 Å². The van der Waals surface area contributed by atoms with Crippen LogP contribution in [0.25, 0.3) is 5.65 Å². The molecule has 4 nitrogen and oxygen atoms in total. The molecule has 1 amide bonds. The highest BCUT2D eigenvalue weighted by molar-refractivity contribution is 5.95. The summed E-state index contributed by atoms with van der Waals surface area (Å²) in [5.74, 6) is 0.0202. The number of rotatable bonds is 3. The molecule has 3 rings (SSSR count). The van der Waals surface area contributed by atoms with E-state index in [1.165, 1.54) is 12.8 Å². The van der Waals surface area contributed by atoms with Crippen LogP contribution in [-0.4, -0.2) is 21.3 Å². The van der Waals surface area contributed by atoms with Crippen LogP contribution in [0.1, 0.15) is 54.4 Å². The molecule has 1 aliphatic rings. The molecule has 0 aromatic carbocycles. The fraction of sp³-hybridized carbons (Fsp3) is 0.500. The van der Waals surface area contributed by atoms with Gasteiger partial charge in [-0.1, -0.05) is 25.8 Å². The van der Waals surface area contributed by atoms with Crippen molar-refractivity contribution in [2.24, 2.45) is 0 Å². The zero-order chi connectivity index (χ0) is 14.1.